The second-order valence-corrected chi connectivity index (χ2v) is 13.0. The number of nitrogens with zero attached hydrogens (tertiary/aromatic N) is 5. The molecule has 0 aliphatic rings. The second kappa shape index (κ2) is 11.6. The topological polar surface area (TPSA) is 48.5 Å². The summed E-state index contributed by atoms with van der Waals surface area (Å²) >= 11 is 0. The molecule has 3 aromatic heterocycles. The van der Waals surface area contributed by atoms with Crippen LogP contribution in [0.25, 0.3) is 89.2 Å². The summed E-state index contributed by atoms with van der Waals surface area (Å²) in [5.41, 5.74) is 11.1. The standard InChI is InChI=1S/C46H31N5/c1-30-21-24-42-37(27-30)39-29-34(33-22-25-41-38(28-33)36-19-11-12-20-40(36)50(41)35-17-9-4-10-18-35)23-26-43(39)51(42)46-48-44(31-13-5-2-6-14-31)47-45(49-46)32-15-7-3-8-16-32/h2-29H,1H3. The summed E-state index contributed by atoms with van der Waals surface area (Å²) in [6.45, 7) is 2.15. The molecule has 51 heavy (non-hydrogen) atoms. The van der Waals surface area contributed by atoms with Crippen molar-refractivity contribution in [2.45, 2.75) is 6.92 Å². The number of fused-ring (bicyclic) bond motifs is 6. The number of para-hydroxylation sites is 2. The van der Waals surface area contributed by atoms with Gasteiger partial charge in [-0.1, -0.05) is 121 Å². The molecule has 0 aliphatic heterocycles. The van der Waals surface area contributed by atoms with Crippen LogP contribution in [0.3, 0.4) is 0 Å². The maximum atomic E-state index is 5.10. The van der Waals surface area contributed by atoms with Crippen molar-refractivity contribution in [1.82, 2.24) is 24.1 Å². The van der Waals surface area contributed by atoms with Crippen LogP contribution in [0.1, 0.15) is 5.56 Å². The normalized spacial score (nSPS) is 11.6. The van der Waals surface area contributed by atoms with Crippen LogP contribution >= 0.6 is 0 Å². The average molecular weight is 654 g/mol. The summed E-state index contributed by atoms with van der Waals surface area (Å²) in [7, 11) is 0. The van der Waals surface area contributed by atoms with Gasteiger partial charge in [-0.05, 0) is 72.6 Å². The van der Waals surface area contributed by atoms with Crippen molar-refractivity contribution in [3.63, 3.8) is 0 Å². The summed E-state index contributed by atoms with van der Waals surface area (Å²) in [4.78, 5) is 15.1. The minimum Gasteiger partial charge on any atom is -0.309 e. The zero-order chi connectivity index (χ0) is 33.9. The molecule has 0 radical (unpaired) electrons. The van der Waals surface area contributed by atoms with Crippen molar-refractivity contribution in [2.75, 3.05) is 0 Å². The lowest BCUT2D eigenvalue weighted by Crippen LogP contribution is -2.06. The van der Waals surface area contributed by atoms with Crippen LogP contribution in [-0.2, 0) is 0 Å². The Morgan fingerprint density at radius 3 is 1.45 bits per heavy atom. The molecule has 3 heterocycles. The molecule has 0 bridgehead atoms. The van der Waals surface area contributed by atoms with E-state index in [4.69, 9.17) is 15.0 Å². The summed E-state index contributed by atoms with van der Waals surface area (Å²) < 4.78 is 4.54. The highest BCUT2D eigenvalue weighted by molar-refractivity contribution is 6.12. The number of benzene rings is 7. The predicted octanol–water partition coefficient (Wildman–Crippen LogP) is 11.4. The van der Waals surface area contributed by atoms with E-state index in [1.165, 1.54) is 32.9 Å². The molecular weight excluding hydrogens is 623 g/mol. The van der Waals surface area contributed by atoms with Crippen molar-refractivity contribution >= 4 is 43.6 Å². The highest BCUT2D eigenvalue weighted by Gasteiger charge is 2.19. The molecule has 0 fully saturated rings. The number of hydrogen-bond acceptors (Lipinski definition) is 3. The molecule has 5 heteroatoms. The molecule has 0 unspecified atom stereocenters. The minimum absolute atomic E-state index is 0.592. The molecule has 0 saturated carbocycles. The van der Waals surface area contributed by atoms with Crippen LogP contribution in [0.15, 0.2) is 170 Å². The molecule has 10 aromatic rings. The summed E-state index contributed by atoms with van der Waals surface area (Å²) in [6.07, 6.45) is 0. The van der Waals surface area contributed by atoms with Crippen LogP contribution in [0.5, 0.6) is 0 Å². The quantitative estimate of drug-likeness (QED) is 0.186. The van der Waals surface area contributed by atoms with E-state index >= 15 is 0 Å². The van der Waals surface area contributed by atoms with Crippen LogP contribution in [-0.4, -0.2) is 24.1 Å². The fourth-order valence-electron chi connectivity index (χ4n) is 7.44. The Morgan fingerprint density at radius 1 is 0.353 bits per heavy atom. The molecule has 0 N–H and O–H groups in total. The van der Waals surface area contributed by atoms with Crippen molar-refractivity contribution < 1.29 is 0 Å². The van der Waals surface area contributed by atoms with E-state index in [-0.39, 0.29) is 0 Å². The van der Waals surface area contributed by atoms with E-state index in [1.54, 1.807) is 0 Å². The third-order valence-corrected chi connectivity index (χ3v) is 9.83. The van der Waals surface area contributed by atoms with Gasteiger partial charge >= 0.3 is 0 Å². The summed E-state index contributed by atoms with van der Waals surface area (Å²) in [6, 6.07) is 59.8. The van der Waals surface area contributed by atoms with Gasteiger partial charge in [-0.15, -0.1) is 0 Å². The van der Waals surface area contributed by atoms with Gasteiger partial charge in [0.2, 0.25) is 5.95 Å². The number of rotatable bonds is 5. The zero-order valence-corrected chi connectivity index (χ0v) is 27.9. The average Bonchev–Trinajstić information content (AvgIpc) is 3.70. The first-order valence-corrected chi connectivity index (χ1v) is 17.2. The van der Waals surface area contributed by atoms with Gasteiger partial charge < -0.3 is 4.57 Å². The van der Waals surface area contributed by atoms with Gasteiger partial charge in [0.25, 0.3) is 0 Å². The van der Waals surface area contributed by atoms with Crippen molar-refractivity contribution in [1.29, 1.82) is 0 Å². The highest BCUT2D eigenvalue weighted by atomic mass is 15.2. The van der Waals surface area contributed by atoms with Crippen LogP contribution in [0.2, 0.25) is 0 Å². The van der Waals surface area contributed by atoms with Crippen molar-refractivity contribution in [3.8, 4) is 45.5 Å². The Hall–Kier alpha value is -6.85. The Morgan fingerprint density at radius 2 is 0.824 bits per heavy atom. The number of aromatic nitrogens is 5. The second-order valence-electron chi connectivity index (χ2n) is 13.0. The van der Waals surface area contributed by atoms with E-state index in [0.29, 0.717) is 17.6 Å². The Kier molecular flexibility index (Phi) is 6.64. The number of aryl methyl sites for hydroxylation is 1. The largest absolute Gasteiger partial charge is 0.309 e. The van der Waals surface area contributed by atoms with Crippen molar-refractivity contribution in [3.05, 3.63) is 175 Å². The molecule has 7 aromatic carbocycles. The van der Waals surface area contributed by atoms with Gasteiger partial charge in [-0.25, -0.2) is 4.98 Å². The molecule has 0 amide bonds. The molecule has 10 rings (SSSR count). The predicted molar refractivity (Wildman–Crippen MR) is 210 cm³/mol. The lowest BCUT2D eigenvalue weighted by Gasteiger charge is -2.11. The number of hydrogen-bond donors (Lipinski definition) is 0. The highest BCUT2D eigenvalue weighted by Crippen LogP contribution is 2.38. The molecule has 0 spiro atoms. The lowest BCUT2D eigenvalue weighted by atomic mass is 10.0. The van der Waals surface area contributed by atoms with E-state index < -0.39 is 0 Å². The van der Waals surface area contributed by atoms with Gasteiger partial charge in [0.1, 0.15) is 0 Å². The lowest BCUT2D eigenvalue weighted by molar-refractivity contribution is 0.953. The maximum Gasteiger partial charge on any atom is 0.238 e. The summed E-state index contributed by atoms with van der Waals surface area (Å²) in [5, 5.41) is 4.79. The van der Waals surface area contributed by atoms with E-state index in [0.717, 1.165) is 44.2 Å². The molecule has 240 valence electrons. The smallest absolute Gasteiger partial charge is 0.238 e. The Labute approximate surface area is 294 Å². The van der Waals surface area contributed by atoms with E-state index in [9.17, 15) is 0 Å². The van der Waals surface area contributed by atoms with Crippen LogP contribution < -0.4 is 0 Å². The van der Waals surface area contributed by atoms with Gasteiger partial charge in [0, 0.05) is 38.4 Å². The van der Waals surface area contributed by atoms with Gasteiger partial charge in [-0.2, -0.15) is 9.97 Å². The Balaban J connectivity index is 1.18. The first-order valence-electron chi connectivity index (χ1n) is 17.2. The molecule has 5 nitrogen and oxygen atoms in total. The monoisotopic (exact) mass is 653 g/mol. The first kappa shape index (κ1) is 29.1. The minimum atomic E-state index is 0.592. The molecular formula is C46H31N5. The van der Waals surface area contributed by atoms with Crippen LogP contribution in [0, 0.1) is 6.92 Å². The first-order chi connectivity index (χ1) is 25.2. The fourth-order valence-corrected chi connectivity index (χ4v) is 7.44. The SMILES string of the molecule is Cc1ccc2c(c1)c1cc(-c3ccc4c(c3)c3ccccc3n4-c3ccccc3)ccc1n2-c1nc(-c2ccccc2)nc(-c2ccccc2)n1. The zero-order valence-electron chi connectivity index (χ0n) is 27.9. The third-order valence-electron chi connectivity index (χ3n) is 9.83. The maximum absolute atomic E-state index is 5.10. The van der Waals surface area contributed by atoms with Gasteiger partial charge in [0.15, 0.2) is 11.6 Å². The van der Waals surface area contributed by atoms with E-state index in [1.807, 2.05) is 60.7 Å². The van der Waals surface area contributed by atoms with Gasteiger partial charge in [-0.3, -0.25) is 4.57 Å². The van der Waals surface area contributed by atoms with Crippen LogP contribution in [0.4, 0.5) is 0 Å². The molecule has 0 aliphatic carbocycles. The van der Waals surface area contributed by atoms with Crippen molar-refractivity contribution in [2.24, 2.45) is 0 Å². The Bertz CT molecular complexity index is 2850. The van der Waals surface area contributed by atoms with E-state index in [2.05, 4.69) is 125 Å². The third kappa shape index (κ3) is 4.82. The molecule has 0 saturated heterocycles. The van der Waals surface area contributed by atoms with Gasteiger partial charge in [0.05, 0.1) is 22.1 Å². The summed E-state index contributed by atoms with van der Waals surface area (Å²) in [5.74, 6) is 1.87. The molecule has 0 atom stereocenters. The fraction of sp³-hybridized carbons (Fsp3) is 0.0217.